The summed E-state index contributed by atoms with van der Waals surface area (Å²) < 4.78 is 5.16. The topological polar surface area (TPSA) is 50.4 Å². The average Bonchev–Trinajstić information content (AvgIpc) is 2.29. The van der Waals surface area contributed by atoms with Crippen LogP contribution in [-0.4, -0.2) is 38.3 Å². The summed E-state index contributed by atoms with van der Waals surface area (Å²) in [6.07, 6.45) is 4.07. The van der Waals surface area contributed by atoms with Crippen molar-refractivity contribution >= 4 is 5.91 Å². The zero-order chi connectivity index (χ0) is 13.6. The summed E-state index contributed by atoms with van der Waals surface area (Å²) in [5.74, 6) is 0.179. The minimum absolute atomic E-state index is 0.179. The number of methoxy groups -OCH3 is 1. The highest BCUT2D eigenvalue weighted by molar-refractivity contribution is 5.83. The van der Waals surface area contributed by atoms with Crippen molar-refractivity contribution in [2.75, 3.05) is 26.8 Å². The number of rotatable bonds is 6. The van der Waals surface area contributed by atoms with E-state index in [1.165, 1.54) is 0 Å². The Morgan fingerprint density at radius 1 is 1.50 bits per heavy atom. The van der Waals surface area contributed by atoms with Gasteiger partial charge in [-0.3, -0.25) is 4.79 Å². The maximum atomic E-state index is 12.6. The second kappa shape index (κ2) is 6.53. The van der Waals surface area contributed by atoms with Gasteiger partial charge < -0.3 is 15.4 Å². The highest BCUT2D eigenvalue weighted by Gasteiger charge is 2.40. The van der Waals surface area contributed by atoms with Gasteiger partial charge >= 0.3 is 0 Å². The van der Waals surface area contributed by atoms with Crippen molar-refractivity contribution in [2.45, 2.75) is 52.0 Å². The average molecular weight is 256 g/mol. The lowest BCUT2D eigenvalue weighted by Gasteiger charge is -2.39. The fraction of sp³-hybridized carbons (Fsp3) is 0.929. The second-order valence-corrected chi connectivity index (χ2v) is 6.08. The number of carbonyl (C=O) groups is 1. The van der Waals surface area contributed by atoms with Gasteiger partial charge in [0.05, 0.1) is 17.6 Å². The summed E-state index contributed by atoms with van der Waals surface area (Å²) in [4.78, 5) is 12.6. The number of amides is 1. The molecule has 1 aliphatic heterocycles. The largest absolute Gasteiger partial charge is 0.382 e. The number of piperidine rings is 1. The maximum absolute atomic E-state index is 12.6. The van der Waals surface area contributed by atoms with E-state index in [4.69, 9.17) is 4.74 Å². The van der Waals surface area contributed by atoms with Crippen molar-refractivity contribution in [3.63, 3.8) is 0 Å². The third-order valence-electron chi connectivity index (χ3n) is 3.64. The molecule has 1 unspecified atom stereocenters. The molecule has 1 heterocycles. The van der Waals surface area contributed by atoms with Gasteiger partial charge in [-0.2, -0.15) is 0 Å². The molecule has 4 heteroatoms. The third-order valence-corrected chi connectivity index (χ3v) is 3.64. The van der Waals surface area contributed by atoms with Crippen LogP contribution in [0.2, 0.25) is 0 Å². The lowest BCUT2D eigenvalue weighted by molar-refractivity contribution is -0.135. The van der Waals surface area contributed by atoms with Gasteiger partial charge in [0.2, 0.25) is 5.91 Å². The van der Waals surface area contributed by atoms with Gasteiger partial charge in [-0.05, 0) is 39.7 Å². The van der Waals surface area contributed by atoms with Crippen LogP contribution in [0.15, 0.2) is 0 Å². The van der Waals surface area contributed by atoms with Crippen LogP contribution in [0.1, 0.15) is 46.5 Å². The summed E-state index contributed by atoms with van der Waals surface area (Å²) in [6.45, 7) is 8.52. The first-order valence-electron chi connectivity index (χ1n) is 6.98. The monoisotopic (exact) mass is 256 g/mol. The molecule has 0 radical (unpaired) electrons. The van der Waals surface area contributed by atoms with Crippen LogP contribution in [0.5, 0.6) is 0 Å². The van der Waals surface area contributed by atoms with Crippen LogP contribution in [0.3, 0.4) is 0 Å². The van der Waals surface area contributed by atoms with E-state index in [-0.39, 0.29) is 16.9 Å². The SMILES string of the molecule is CCCC1(C(=O)NC(C)(C)COC)CCCNC1. The smallest absolute Gasteiger partial charge is 0.227 e. The number of hydrogen-bond donors (Lipinski definition) is 2. The van der Waals surface area contributed by atoms with Gasteiger partial charge in [0.15, 0.2) is 0 Å². The molecule has 0 aromatic rings. The lowest BCUT2D eigenvalue weighted by atomic mass is 9.75. The number of ether oxygens (including phenoxy) is 1. The fourth-order valence-corrected chi connectivity index (χ4v) is 2.80. The Kier molecular flexibility index (Phi) is 5.60. The number of hydrogen-bond acceptors (Lipinski definition) is 3. The minimum Gasteiger partial charge on any atom is -0.382 e. The van der Waals surface area contributed by atoms with Crippen molar-refractivity contribution in [1.82, 2.24) is 10.6 Å². The molecule has 4 nitrogen and oxygen atoms in total. The molecule has 1 rings (SSSR count). The third kappa shape index (κ3) is 3.95. The lowest BCUT2D eigenvalue weighted by Crippen LogP contribution is -2.56. The molecular weight excluding hydrogens is 228 g/mol. The van der Waals surface area contributed by atoms with Crippen molar-refractivity contribution in [1.29, 1.82) is 0 Å². The molecule has 2 N–H and O–H groups in total. The first-order valence-corrected chi connectivity index (χ1v) is 6.98. The molecule has 1 fully saturated rings. The van der Waals surface area contributed by atoms with Gasteiger partial charge in [-0.25, -0.2) is 0 Å². The second-order valence-electron chi connectivity index (χ2n) is 6.08. The standard InChI is InChI=1S/C14H28N2O2/c1-5-7-14(8-6-9-15-10-14)12(17)16-13(2,3)11-18-4/h15H,5-11H2,1-4H3,(H,16,17). The van der Waals surface area contributed by atoms with Crippen molar-refractivity contribution < 1.29 is 9.53 Å². The fourth-order valence-electron chi connectivity index (χ4n) is 2.80. The van der Waals surface area contributed by atoms with Crippen LogP contribution in [0, 0.1) is 5.41 Å². The summed E-state index contributed by atoms with van der Waals surface area (Å²) in [6, 6.07) is 0. The number of carbonyl (C=O) groups excluding carboxylic acids is 1. The quantitative estimate of drug-likeness (QED) is 0.760. The minimum atomic E-state index is -0.302. The molecule has 1 aliphatic rings. The highest BCUT2D eigenvalue weighted by atomic mass is 16.5. The molecule has 0 aliphatic carbocycles. The van der Waals surface area contributed by atoms with Gasteiger partial charge in [-0.15, -0.1) is 0 Å². The van der Waals surface area contributed by atoms with Crippen LogP contribution in [-0.2, 0) is 9.53 Å². The molecule has 1 atom stereocenters. The van der Waals surface area contributed by atoms with Crippen LogP contribution in [0.25, 0.3) is 0 Å². The molecule has 106 valence electrons. The van der Waals surface area contributed by atoms with Crippen LogP contribution >= 0.6 is 0 Å². The molecule has 0 aromatic carbocycles. The summed E-state index contributed by atoms with van der Waals surface area (Å²) in [7, 11) is 1.66. The molecule has 0 spiro atoms. The Hall–Kier alpha value is -0.610. The molecule has 0 bridgehead atoms. The van der Waals surface area contributed by atoms with Crippen LogP contribution < -0.4 is 10.6 Å². The molecule has 1 amide bonds. The molecular formula is C14H28N2O2. The highest BCUT2D eigenvalue weighted by Crippen LogP contribution is 2.32. The van der Waals surface area contributed by atoms with Crippen molar-refractivity contribution in [2.24, 2.45) is 5.41 Å². The zero-order valence-electron chi connectivity index (χ0n) is 12.3. The van der Waals surface area contributed by atoms with Crippen LogP contribution in [0.4, 0.5) is 0 Å². The Bertz CT molecular complexity index is 265. The summed E-state index contributed by atoms with van der Waals surface area (Å²) >= 11 is 0. The van der Waals surface area contributed by atoms with Gasteiger partial charge in [-0.1, -0.05) is 13.3 Å². The van der Waals surface area contributed by atoms with Crippen molar-refractivity contribution in [3.8, 4) is 0 Å². The van der Waals surface area contributed by atoms with E-state index in [2.05, 4.69) is 17.6 Å². The Morgan fingerprint density at radius 2 is 2.22 bits per heavy atom. The first kappa shape index (κ1) is 15.4. The predicted octanol–water partition coefficient (Wildman–Crippen LogP) is 1.70. The van der Waals surface area contributed by atoms with E-state index in [0.717, 1.165) is 38.8 Å². The van der Waals surface area contributed by atoms with Gasteiger partial charge in [0, 0.05) is 13.7 Å². The molecule has 18 heavy (non-hydrogen) atoms. The van der Waals surface area contributed by atoms with Gasteiger partial charge in [0.25, 0.3) is 0 Å². The Morgan fingerprint density at radius 3 is 2.72 bits per heavy atom. The molecule has 1 saturated heterocycles. The van der Waals surface area contributed by atoms with E-state index in [1.807, 2.05) is 13.8 Å². The maximum Gasteiger partial charge on any atom is 0.227 e. The van der Waals surface area contributed by atoms with E-state index >= 15 is 0 Å². The Labute approximate surface area is 111 Å². The summed E-state index contributed by atoms with van der Waals surface area (Å²) in [5.41, 5.74) is -0.526. The van der Waals surface area contributed by atoms with Gasteiger partial charge in [0.1, 0.15) is 0 Å². The molecule has 0 saturated carbocycles. The van der Waals surface area contributed by atoms with E-state index in [1.54, 1.807) is 7.11 Å². The van der Waals surface area contributed by atoms with Crippen molar-refractivity contribution in [3.05, 3.63) is 0 Å². The number of nitrogens with one attached hydrogen (secondary N) is 2. The zero-order valence-corrected chi connectivity index (χ0v) is 12.3. The predicted molar refractivity (Wildman–Crippen MR) is 73.5 cm³/mol. The first-order chi connectivity index (χ1) is 8.46. The Balaban J connectivity index is 2.70. The van der Waals surface area contributed by atoms with E-state index in [9.17, 15) is 4.79 Å². The van der Waals surface area contributed by atoms with E-state index in [0.29, 0.717) is 6.61 Å². The summed E-state index contributed by atoms with van der Waals surface area (Å²) in [5, 5.41) is 6.52. The van der Waals surface area contributed by atoms with E-state index < -0.39 is 0 Å². The normalized spacial score (nSPS) is 24.9. The molecule has 0 aromatic heterocycles.